The zero-order valence-electron chi connectivity index (χ0n) is 17.7. The number of hydrogen-bond acceptors (Lipinski definition) is 6. The van der Waals surface area contributed by atoms with Crippen molar-refractivity contribution in [3.63, 3.8) is 0 Å². The third-order valence-corrected chi connectivity index (χ3v) is 6.41. The van der Waals surface area contributed by atoms with Gasteiger partial charge in [0.15, 0.2) is 0 Å². The number of benzene rings is 1. The Bertz CT molecular complexity index is 625. The average Bonchev–Trinajstić information content (AvgIpc) is 2.74. The largest absolute Gasteiger partial charge is 0.385 e. The van der Waals surface area contributed by atoms with Crippen molar-refractivity contribution < 1.29 is 9.90 Å². The van der Waals surface area contributed by atoms with Crippen LogP contribution in [-0.2, 0) is 10.4 Å². The highest BCUT2D eigenvalue weighted by Crippen LogP contribution is 2.33. The zero-order valence-corrected chi connectivity index (χ0v) is 20.3. The molecule has 1 aromatic carbocycles. The van der Waals surface area contributed by atoms with Gasteiger partial charge in [0.1, 0.15) is 0 Å². The number of carbonyl (C=O) groups excluding carboxylic acids is 1. The number of carbonyl (C=O) groups is 1. The van der Waals surface area contributed by atoms with E-state index in [1.807, 2.05) is 24.3 Å². The first-order valence-corrected chi connectivity index (χ1v) is 12.5. The first kappa shape index (κ1) is 25.8. The molecule has 0 bridgehead atoms. The summed E-state index contributed by atoms with van der Waals surface area (Å²) in [5, 5.41) is 14.6. The first-order valence-electron chi connectivity index (χ1n) is 10.9. The van der Waals surface area contributed by atoms with E-state index in [1.54, 1.807) is 0 Å². The molecule has 1 fully saturated rings. The van der Waals surface area contributed by atoms with Crippen LogP contribution in [0.25, 0.3) is 0 Å². The fourth-order valence-corrected chi connectivity index (χ4v) is 4.43. The minimum atomic E-state index is -0.734. The first-order chi connectivity index (χ1) is 14.5. The van der Waals surface area contributed by atoms with Crippen LogP contribution >= 0.6 is 36.9 Å². The number of likely N-dealkylation sites (tertiary alicyclic amines) is 1. The highest BCUT2D eigenvalue weighted by Gasteiger charge is 2.33. The van der Waals surface area contributed by atoms with Gasteiger partial charge in [0.25, 0.3) is 0 Å². The molecule has 1 heterocycles. The fraction of sp³-hybridized carbons (Fsp3) is 0.682. The molecule has 0 aromatic heterocycles. The maximum absolute atomic E-state index is 11.9. The minimum absolute atomic E-state index is 0.0623. The molecule has 0 radical (unpaired) electrons. The summed E-state index contributed by atoms with van der Waals surface area (Å²) >= 11 is 14.4. The normalized spacial score (nSPS) is 16.7. The van der Waals surface area contributed by atoms with Crippen LogP contribution < -0.4 is 5.32 Å². The van der Waals surface area contributed by atoms with Gasteiger partial charge in [0, 0.05) is 42.7 Å². The van der Waals surface area contributed by atoms with E-state index in [0.717, 1.165) is 76.1 Å². The number of hydrogen-bond donors (Lipinski definition) is 4. The Morgan fingerprint density at radius 2 is 1.80 bits per heavy atom. The Hall–Kier alpha value is -0.440. The van der Waals surface area contributed by atoms with E-state index in [4.69, 9.17) is 11.6 Å². The zero-order chi connectivity index (χ0) is 21.8. The summed E-state index contributed by atoms with van der Waals surface area (Å²) < 4.78 is 0. The molecule has 0 saturated carbocycles. The van der Waals surface area contributed by atoms with Gasteiger partial charge in [-0.15, -0.1) is 0 Å². The van der Waals surface area contributed by atoms with E-state index >= 15 is 0 Å². The number of unbranched alkanes of at least 4 members (excludes halogenated alkanes) is 2. The number of aliphatic hydroxyl groups is 1. The van der Waals surface area contributed by atoms with E-state index in [9.17, 15) is 9.90 Å². The van der Waals surface area contributed by atoms with Gasteiger partial charge >= 0.3 is 0 Å². The predicted molar refractivity (Wildman–Crippen MR) is 132 cm³/mol. The van der Waals surface area contributed by atoms with Crippen molar-refractivity contribution in [2.45, 2.75) is 37.7 Å². The van der Waals surface area contributed by atoms with E-state index < -0.39 is 5.60 Å². The summed E-state index contributed by atoms with van der Waals surface area (Å²) in [6, 6.07) is 7.57. The van der Waals surface area contributed by atoms with Crippen molar-refractivity contribution in [2.75, 3.05) is 57.3 Å². The lowest BCUT2D eigenvalue weighted by atomic mass is 9.84. The molecule has 1 saturated heterocycles. The minimum Gasteiger partial charge on any atom is -0.385 e. The SMILES string of the molecule is O=C(CN(CCS)CCCCCN1CCC(O)(c2ccc(Cl)cc2)CC1)NCCS. The van der Waals surface area contributed by atoms with Gasteiger partial charge < -0.3 is 15.3 Å². The second-order valence-electron chi connectivity index (χ2n) is 8.01. The fourth-order valence-electron chi connectivity index (χ4n) is 3.91. The molecular weight excluding hydrogens is 438 g/mol. The second-order valence-corrected chi connectivity index (χ2v) is 9.34. The third kappa shape index (κ3) is 8.97. The van der Waals surface area contributed by atoms with Gasteiger partial charge in [-0.1, -0.05) is 30.2 Å². The standard InChI is InChI=1S/C22H36ClN3O2S2/c23-20-6-4-19(5-7-20)22(28)8-13-25(14-9-22)11-2-1-3-12-26(15-17-30)18-21(27)24-10-16-29/h4-7,28-30H,1-3,8-18H2,(H,24,27). The van der Waals surface area contributed by atoms with E-state index in [-0.39, 0.29) is 5.91 Å². The molecule has 1 aliphatic rings. The maximum Gasteiger partial charge on any atom is 0.234 e. The lowest BCUT2D eigenvalue weighted by Crippen LogP contribution is -2.42. The molecule has 0 unspecified atom stereocenters. The van der Waals surface area contributed by atoms with Gasteiger partial charge in [-0.2, -0.15) is 25.3 Å². The number of nitrogens with zero attached hydrogens (tertiary/aromatic N) is 2. The monoisotopic (exact) mass is 473 g/mol. The van der Waals surface area contributed by atoms with Crippen molar-refractivity contribution in [3.8, 4) is 0 Å². The van der Waals surface area contributed by atoms with E-state index in [1.165, 1.54) is 0 Å². The van der Waals surface area contributed by atoms with Crippen LogP contribution in [0.2, 0.25) is 5.02 Å². The Kier molecular flexibility index (Phi) is 11.9. The molecule has 1 aliphatic heterocycles. The summed E-state index contributed by atoms with van der Waals surface area (Å²) in [7, 11) is 0. The van der Waals surface area contributed by atoms with Crippen LogP contribution in [0, 0.1) is 0 Å². The van der Waals surface area contributed by atoms with Crippen molar-refractivity contribution in [1.82, 2.24) is 15.1 Å². The quantitative estimate of drug-likeness (QED) is 0.263. The molecule has 5 nitrogen and oxygen atoms in total. The summed E-state index contributed by atoms with van der Waals surface area (Å²) in [5.41, 5.74) is 0.233. The topological polar surface area (TPSA) is 55.8 Å². The van der Waals surface area contributed by atoms with Crippen LogP contribution in [-0.4, -0.2) is 78.1 Å². The highest BCUT2D eigenvalue weighted by atomic mass is 35.5. The Morgan fingerprint density at radius 3 is 2.43 bits per heavy atom. The van der Waals surface area contributed by atoms with Crippen LogP contribution in [0.4, 0.5) is 0 Å². The number of amides is 1. The summed E-state index contributed by atoms with van der Waals surface area (Å²) in [5.74, 6) is 1.48. The van der Waals surface area contributed by atoms with E-state index in [0.29, 0.717) is 23.9 Å². The molecular formula is C22H36ClN3O2S2. The molecule has 2 N–H and O–H groups in total. The predicted octanol–water partition coefficient (Wildman–Crippen LogP) is 3.07. The summed E-state index contributed by atoms with van der Waals surface area (Å²) in [6.07, 6.45) is 4.87. The van der Waals surface area contributed by atoms with Gasteiger partial charge in [0.2, 0.25) is 5.91 Å². The smallest absolute Gasteiger partial charge is 0.234 e. The number of thiol groups is 2. The molecule has 0 spiro atoms. The lowest BCUT2D eigenvalue weighted by Gasteiger charge is -2.38. The molecule has 1 aromatic rings. The Balaban J connectivity index is 1.62. The van der Waals surface area contributed by atoms with Crippen molar-refractivity contribution in [1.29, 1.82) is 0 Å². The molecule has 30 heavy (non-hydrogen) atoms. The molecule has 8 heteroatoms. The number of rotatable bonds is 13. The van der Waals surface area contributed by atoms with Crippen molar-refractivity contribution in [3.05, 3.63) is 34.9 Å². The Morgan fingerprint density at radius 1 is 1.10 bits per heavy atom. The van der Waals surface area contributed by atoms with E-state index in [2.05, 4.69) is 40.4 Å². The van der Waals surface area contributed by atoms with Gasteiger partial charge in [-0.3, -0.25) is 9.69 Å². The van der Waals surface area contributed by atoms with Crippen LogP contribution in [0.15, 0.2) is 24.3 Å². The molecule has 1 amide bonds. The lowest BCUT2D eigenvalue weighted by molar-refractivity contribution is -0.122. The van der Waals surface area contributed by atoms with Crippen LogP contribution in [0.3, 0.4) is 0 Å². The summed E-state index contributed by atoms with van der Waals surface area (Å²) in [4.78, 5) is 16.5. The maximum atomic E-state index is 11.9. The number of nitrogens with one attached hydrogen (secondary N) is 1. The van der Waals surface area contributed by atoms with Crippen molar-refractivity contribution in [2.24, 2.45) is 0 Å². The van der Waals surface area contributed by atoms with Crippen molar-refractivity contribution >= 4 is 42.8 Å². The van der Waals surface area contributed by atoms with Crippen LogP contribution in [0.1, 0.15) is 37.7 Å². The molecule has 170 valence electrons. The van der Waals surface area contributed by atoms with Gasteiger partial charge in [-0.05, 0) is 56.5 Å². The van der Waals surface area contributed by atoms with Crippen LogP contribution in [0.5, 0.6) is 0 Å². The third-order valence-electron chi connectivity index (χ3n) is 5.73. The summed E-state index contributed by atoms with van der Waals surface area (Å²) in [6.45, 7) is 5.68. The molecule has 0 atom stereocenters. The Labute approximate surface area is 197 Å². The molecule has 0 aliphatic carbocycles. The molecule has 2 rings (SSSR count). The average molecular weight is 474 g/mol. The number of piperidine rings is 1. The van der Waals surface area contributed by atoms with Gasteiger partial charge in [0.05, 0.1) is 12.1 Å². The van der Waals surface area contributed by atoms with Gasteiger partial charge in [-0.25, -0.2) is 0 Å². The second kappa shape index (κ2) is 13.9. The highest BCUT2D eigenvalue weighted by molar-refractivity contribution is 7.80. The number of halogens is 1.